The monoisotopic (exact) mass is 501 g/mol. The number of aryl methyl sites for hydroxylation is 1. The summed E-state index contributed by atoms with van der Waals surface area (Å²) in [7, 11) is 0. The van der Waals surface area contributed by atoms with E-state index in [0.29, 0.717) is 18.9 Å². The van der Waals surface area contributed by atoms with Crippen LogP contribution in [-0.4, -0.2) is 57.5 Å². The van der Waals surface area contributed by atoms with Gasteiger partial charge in [0.2, 0.25) is 17.8 Å². The van der Waals surface area contributed by atoms with E-state index >= 15 is 0 Å². The van der Waals surface area contributed by atoms with Crippen molar-refractivity contribution in [1.29, 1.82) is 0 Å². The summed E-state index contributed by atoms with van der Waals surface area (Å²) in [5, 5.41) is 14.0. The molecule has 1 saturated heterocycles. The van der Waals surface area contributed by atoms with Crippen LogP contribution in [0.2, 0.25) is 0 Å². The molecular formula is C28H35N7O2. The maximum Gasteiger partial charge on any atom is 0.243 e. The number of H-pyrrole nitrogens is 1. The zero-order chi connectivity index (χ0) is 25.8. The highest BCUT2D eigenvalue weighted by atomic mass is 16.2. The number of nitrogens with one attached hydrogen (secondary N) is 5. The van der Waals surface area contributed by atoms with Gasteiger partial charge in [0, 0.05) is 53.5 Å². The Hall–Kier alpha value is -3.72. The Labute approximate surface area is 216 Å². The van der Waals surface area contributed by atoms with E-state index in [1.54, 1.807) is 0 Å². The topological polar surface area (TPSA) is 124 Å². The van der Waals surface area contributed by atoms with Crippen molar-refractivity contribution >= 4 is 28.7 Å². The van der Waals surface area contributed by atoms with Crippen LogP contribution < -0.4 is 21.3 Å². The van der Waals surface area contributed by atoms with Crippen LogP contribution >= 0.6 is 0 Å². The number of benzene rings is 1. The molecule has 4 atom stereocenters. The Morgan fingerprint density at radius 2 is 1.97 bits per heavy atom. The number of anilines is 1. The van der Waals surface area contributed by atoms with Crippen LogP contribution in [0.1, 0.15) is 44.6 Å². The van der Waals surface area contributed by atoms with Crippen molar-refractivity contribution in [3.8, 4) is 11.3 Å². The average Bonchev–Trinajstić information content (AvgIpc) is 3.56. The Bertz CT molecular complexity index is 1290. The van der Waals surface area contributed by atoms with Gasteiger partial charge in [0.05, 0.1) is 11.7 Å². The zero-order valence-corrected chi connectivity index (χ0v) is 21.2. The molecule has 1 aliphatic heterocycles. The van der Waals surface area contributed by atoms with Crippen molar-refractivity contribution < 1.29 is 9.59 Å². The minimum absolute atomic E-state index is 0.00817. The Balaban J connectivity index is 1.22. The molecule has 4 unspecified atom stereocenters. The molecule has 1 aromatic carbocycles. The van der Waals surface area contributed by atoms with Gasteiger partial charge in [0.15, 0.2) is 0 Å². The zero-order valence-electron chi connectivity index (χ0n) is 21.2. The van der Waals surface area contributed by atoms with E-state index in [1.165, 1.54) is 6.08 Å². The van der Waals surface area contributed by atoms with E-state index < -0.39 is 0 Å². The molecule has 3 aromatic rings. The number of hydrogen-bond donors (Lipinski definition) is 5. The lowest BCUT2D eigenvalue weighted by atomic mass is 9.90. The number of aromatic amines is 1. The first-order valence-electron chi connectivity index (χ1n) is 13.2. The van der Waals surface area contributed by atoms with Crippen molar-refractivity contribution in [2.45, 2.75) is 69.6 Å². The van der Waals surface area contributed by atoms with Crippen molar-refractivity contribution in [2.24, 2.45) is 0 Å². The number of amides is 2. The van der Waals surface area contributed by atoms with Crippen molar-refractivity contribution in [1.82, 2.24) is 30.9 Å². The molecule has 2 amide bonds. The molecule has 194 valence electrons. The number of carbonyl (C=O) groups excluding carboxylic acids is 2. The normalized spacial score (nSPS) is 23.5. The van der Waals surface area contributed by atoms with Crippen molar-refractivity contribution in [2.75, 3.05) is 11.9 Å². The number of nitrogens with zero attached hydrogens (tertiary/aromatic N) is 2. The lowest BCUT2D eigenvalue weighted by Gasteiger charge is -2.31. The summed E-state index contributed by atoms with van der Waals surface area (Å²) >= 11 is 0. The first-order valence-corrected chi connectivity index (χ1v) is 13.2. The van der Waals surface area contributed by atoms with Crippen LogP contribution in [0.15, 0.2) is 49.3 Å². The molecule has 0 bridgehead atoms. The summed E-state index contributed by atoms with van der Waals surface area (Å²) < 4.78 is 0. The predicted octanol–water partition coefficient (Wildman–Crippen LogP) is 3.06. The molecule has 9 heteroatoms. The molecule has 1 aliphatic carbocycles. The van der Waals surface area contributed by atoms with Crippen LogP contribution in [0, 0.1) is 0 Å². The number of aromatic nitrogens is 3. The summed E-state index contributed by atoms with van der Waals surface area (Å²) in [6, 6.07) is 8.16. The highest BCUT2D eigenvalue weighted by molar-refractivity contribution is 5.95. The van der Waals surface area contributed by atoms with Gasteiger partial charge in [0.25, 0.3) is 0 Å². The van der Waals surface area contributed by atoms with Gasteiger partial charge >= 0.3 is 0 Å². The van der Waals surface area contributed by atoms with Crippen molar-refractivity contribution in [3.63, 3.8) is 0 Å². The van der Waals surface area contributed by atoms with Crippen LogP contribution in [0.4, 0.5) is 5.95 Å². The lowest BCUT2D eigenvalue weighted by Crippen LogP contribution is -2.48. The fourth-order valence-electron chi connectivity index (χ4n) is 5.48. The van der Waals surface area contributed by atoms with Gasteiger partial charge < -0.3 is 26.3 Å². The number of rotatable bonds is 8. The molecule has 2 aliphatic rings. The second kappa shape index (κ2) is 11.1. The highest BCUT2D eigenvalue weighted by Gasteiger charge is 2.32. The molecule has 0 radical (unpaired) electrons. The Morgan fingerprint density at radius 1 is 1.14 bits per heavy atom. The summed E-state index contributed by atoms with van der Waals surface area (Å²) in [6.45, 7) is 6.18. The van der Waals surface area contributed by atoms with E-state index in [4.69, 9.17) is 4.98 Å². The van der Waals surface area contributed by atoms with E-state index in [9.17, 15) is 9.59 Å². The Kier molecular flexibility index (Phi) is 7.50. The highest BCUT2D eigenvalue weighted by Crippen LogP contribution is 2.31. The standard InChI is InChI=1S/C28H35N7O2/c1-3-17-14-31-28(35-26(17)22-16-30-23-11-6-5-10-21(22)23)34-19-9-7-8-18(12-19)33-27(37)24-13-20(15-29-24)32-25(36)4-2/h4-6,10-11,14,16,18-20,24,29-30H,2-3,7-9,12-13,15H2,1H3,(H,32,36)(H,33,37)(H,31,34,35). The molecule has 2 fully saturated rings. The first-order chi connectivity index (χ1) is 18.0. The molecule has 5 rings (SSSR count). The fraction of sp³-hybridized carbons (Fsp3) is 0.429. The third-order valence-corrected chi connectivity index (χ3v) is 7.42. The largest absolute Gasteiger partial charge is 0.360 e. The van der Waals surface area contributed by atoms with Gasteiger partial charge in [-0.1, -0.05) is 31.7 Å². The molecule has 1 saturated carbocycles. The molecule has 5 N–H and O–H groups in total. The fourth-order valence-corrected chi connectivity index (χ4v) is 5.48. The number of carbonyl (C=O) groups is 2. The second-order valence-electron chi connectivity index (χ2n) is 9.99. The molecule has 9 nitrogen and oxygen atoms in total. The quantitative estimate of drug-likeness (QED) is 0.302. The minimum atomic E-state index is -0.299. The number of para-hydroxylation sites is 1. The molecule has 2 aromatic heterocycles. The van der Waals surface area contributed by atoms with Gasteiger partial charge in [-0.25, -0.2) is 9.97 Å². The molecule has 37 heavy (non-hydrogen) atoms. The average molecular weight is 502 g/mol. The summed E-state index contributed by atoms with van der Waals surface area (Å²) in [5.41, 5.74) is 4.22. The number of hydrogen-bond acceptors (Lipinski definition) is 6. The third-order valence-electron chi connectivity index (χ3n) is 7.42. The smallest absolute Gasteiger partial charge is 0.243 e. The minimum Gasteiger partial charge on any atom is -0.360 e. The summed E-state index contributed by atoms with van der Waals surface area (Å²) in [4.78, 5) is 37.3. The van der Waals surface area contributed by atoms with Crippen LogP contribution in [0.3, 0.4) is 0 Å². The van der Waals surface area contributed by atoms with Gasteiger partial charge in [-0.05, 0) is 56.2 Å². The van der Waals surface area contributed by atoms with Crippen LogP contribution in [0.5, 0.6) is 0 Å². The molecule has 3 heterocycles. The second-order valence-corrected chi connectivity index (χ2v) is 9.99. The van der Waals surface area contributed by atoms with Gasteiger partial charge in [0.1, 0.15) is 0 Å². The molecular weight excluding hydrogens is 466 g/mol. The van der Waals surface area contributed by atoms with E-state index in [1.807, 2.05) is 24.5 Å². The van der Waals surface area contributed by atoms with Gasteiger partial charge in [-0.15, -0.1) is 0 Å². The van der Waals surface area contributed by atoms with Crippen molar-refractivity contribution in [3.05, 3.63) is 54.9 Å². The third kappa shape index (κ3) is 5.67. The maximum absolute atomic E-state index is 12.9. The maximum atomic E-state index is 12.9. The molecule has 0 spiro atoms. The lowest BCUT2D eigenvalue weighted by molar-refractivity contribution is -0.124. The number of fused-ring (bicyclic) bond motifs is 1. The van der Waals surface area contributed by atoms with E-state index in [2.05, 4.69) is 56.9 Å². The summed E-state index contributed by atoms with van der Waals surface area (Å²) in [5.74, 6) is 0.398. The van der Waals surface area contributed by atoms with Crippen LogP contribution in [0.25, 0.3) is 22.2 Å². The Morgan fingerprint density at radius 3 is 2.81 bits per heavy atom. The van der Waals surface area contributed by atoms with Crippen LogP contribution in [-0.2, 0) is 16.0 Å². The van der Waals surface area contributed by atoms with E-state index in [-0.39, 0.29) is 36.0 Å². The van der Waals surface area contributed by atoms with E-state index in [0.717, 1.165) is 59.8 Å². The predicted molar refractivity (Wildman–Crippen MR) is 145 cm³/mol. The SMILES string of the molecule is C=CC(=O)NC1CNC(C(=O)NC2CCCC(Nc3ncc(CC)c(-c4c[nH]c5ccccc45)n3)C2)C1. The first kappa shape index (κ1) is 25.0. The van der Waals surface area contributed by atoms with Gasteiger partial charge in [-0.3, -0.25) is 9.59 Å². The summed E-state index contributed by atoms with van der Waals surface area (Å²) in [6.07, 6.45) is 10.4. The van der Waals surface area contributed by atoms with Gasteiger partial charge in [-0.2, -0.15) is 0 Å².